The lowest BCUT2D eigenvalue weighted by atomic mass is 10.2. The van der Waals surface area contributed by atoms with Gasteiger partial charge in [-0.15, -0.1) is 0 Å². The minimum atomic E-state index is -3.04. The van der Waals surface area contributed by atoms with Gasteiger partial charge in [0, 0.05) is 16.6 Å². The van der Waals surface area contributed by atoms with Gasteiger partial charge in [-0.1, -0.05) is 30.0 Å². The molecule has 1 N–H and O–H groups in total. The zero-order valence-electron chi connectivity index (χ0n) is 14.8. The molecule has 2 aromatic rings. The van der Waals surface area contributed by atoms with Crippen molar-refractivity contribution >= 4 is 44.0 Å². The number of para-hydroxylation sites is 1. The van der Waals surface area contributed by atoms with E-state index in [1.165, 1.54) is 36.0 Å². The predicted molar refractivity (Wildman–Crippen MR) is 110 cm³/mol. The number of benzene rings is 2. The van der Waals surface area contributed by atoms with Crippen LogP contribution in [0.3, 0.4) is 0 Å². The highest BCUT2D eigenvalue weighted by Gasteiger charge is 2.44. The highest BCUT2D eigenvalue weighted by Crippen LogP contribution is 2.36. The molecule has 0 spiro atoms. The number of amides is 1. The maximum Gasteiger partial charge on any atom is 0.244 e. The number of carbonyl (C=O) groups is 1. The first-order valence-electron chi connectivity index (χ1n) is 8.72. The Hall–Kier alpha value is -2.39. The Balaban J connectivity index is 1.54. The van der Waals surface area contributed by atoms with Crippen LogP contribution in [-0.2, 0) is 14.6 Å². The lowest BCUT2D eigenvalue weighted by Crippen LogP contribution is -2.36. The van der Waals surface area contributed by atoms with Crippen LogP contribution in [0.1, 0.15) is 0 Å². The van der Waals surface area contributed by atoms with Crippen LogP contribution in [0.25, 0.3) is 0 Å². The smallest absolute Gasteiger partial charge is 0.244 e. The molecule has 2 aliphatic rings. The number of aliphatic imine (C=N–C) groups is 1. The first kappa shape index (κ1) is 18.9. The summed E-state index contributed by atoms with van der Waals surface area (Å²) in [7, 11) is -3.04. The van der Waals surface area contributed by atoms with Crippen LogP contribution in [0, 0.1) is 5.82 Å². The average molecular weight is 420 g/mol. The van der Waals surface area contributed by atoms with Crippen LogP contribution in [0.4, 0.5) is 15.8 Å². The summed E-state index contributed by atoms with van der Waals surface area (Å²) in [5, 5.41) is 3.29. The number of amidine groups is 1. The Labute approximate surface area is 166 Å². The maximum absolute atomic E-state index is 13.0. The molecule has 0 aliphatic carbocycles. The summed E-state index contributed by atoms with van der Waals surface area (Å²) in [6, 6.07) is 14.7. The summed E-state index contributed by atoms with van der Waals surface area (Å²) in [5.74, 6) is -0.483. The van der Waals surface area contributed by atoms with Crippen LogP contribution in [0.5, 0.6) is 0 Å². The van der Waals surface area contributed by atoms with E-state index in [0.717, 1.165) is 5.69 Å². The molecule has 1 saturated heterocycles. The van der Waals surface area contributed by atoms with Crippen LogP contribution < -0.4 is 10.2 Å². The zero-order valence-corrected chi connectivity index (χ0v) is 16.4. The van der Waals surface area contributed by atoms with Crippen molar-refractivity contribution in [1.82, 2.24) is 0 Å². The number of thioether (sulfide) groups is 1. The van der Waals surface area contributed by atoms with E-state index < -0.39 is 9.84 Å². The van der Waals surface area contributed by atoms with E-state index >= 15 is 0 Å². The molecule has 2 aliphatic heterocycles. The molecular formula is C19H18FN3O3S2. The van der Waals surface area contributed by atoms with Crippen LogP contribution in [0.2, 0.25) is 0 Å². The molecule has 4 rings (SSSR count). The third-order valence-electron chi connectivity index (χ3n) is 4.53. The number of anilines is 2. The molecule has 1 amide bonds. The number of carbonyl (C=O) groups excluding carboxylic acids is 1. The number of nitrogens with zero attached hydrogens (tertiary/aromatic N) is 2. The van der Waals surface area contributed by atoms with Gasteiger partial charge in [-0.05, 0) is 36.4 Å². The average Bonchev–Trinajstić information content (AvgIpc) is 3.16. The van der Waals surface area contributed by atoms with E-state index in [4.69, 9.17) is 0 Å². The number of hydrogen-bond acceptors (Lipinski definition) is 6. The van der Waals surface area contributed by atoms with Crippen molar-refractivity contribution in [2.45, 2.75) is 11.3 Å². The van der Waals surface area contributed by atoms with Crippen molar-refractivity contribution < 1.29 is 17.6 Å². The lowest BCUT2D eigenvalue weighted by molar-refractivity contribution is -0.114. The Morgan fingerprint density at radius 2 is 1.86 bits per heavy atom. The largest absolute Gasteiger partial charge is 0.325 e. The summed E-state index contributed by atoms with van der Waals surface area (Å²) in [6.07, 6.45) is 0. The minimum absolute atomic E-state index is 0.0133. The number of halogens is 1. The number of sulfone groups is 1. The van der Waals surface area contributed by atoms with Gasteiger partial charge in [-0.2, -0.15) is 0 Å². The Morgan fingerprint density at radius 3 is 2.54 bits per heavy atom. The number of hydrogen-bond donors (Lipinski definition) is 1. The van der Waals surface area contributed by atoms with Gasteiger partial charge in [0.1, 0.15) is 12.4 Å². The summed E-state index contributed by atoms with van der Waals surface area (Å²) in [5.41, 5.74) is 1.30. The third kappa shape index (κ3) is 4.20. The summed E-state index contributed by atoms with van der Waals surface area (Å²) in [4.78, 5) is 19.0. The fourth-order valence-electron chi connectivity index (χ4n) is 3.23. The van der Waals surface area contributed by atoms with Crippen molar-refractivity contribution in [3.05, 3.63) is 60.4 Å². The van der Waals surface area contributed by atoms with E-state index in [2.05, 4.69) is 10.3 Å². The van der Waals surface area contributed by atoms with Gasteiger partial charge in [-0.25, -0.2) is 12.8 Å². The molecule has 9 heteroatoms. The Kier molecular flexibility index (Phi) is 5.11. The van der Waals surface area contributed by atoms with Crippen LogP contribution >= 0.6 is 11.8 Å². The highest BCUT2D eigenvalue weighted by atomic mass is 32.2. The number of rotatable bonds is 4. The molecule has 0 radical (unpaired) electrons. The fraction of sp³-hybridized carbons (Fsp3) is 0.263. The van der Waals surface area contributed by atoms with Gasteiger partial charge < -0.3 is 10.2 Å². The van der Waals surface area contributed by atoms with Crippen molar-refractivity contribution in [1.29, 1.82) is 0 Å². The second-order valence-corrected chi connectivity index (χ2v) is 10.0. The molecule has 146 valence electrons. The second kappa shape index (κ2) is 7.56. The number of fused-ring (bicyclic) bond motifs is 1. The standard InChI is InChI=1S/C19H18FN3O3S2/c20-13-6-8-14(9-7-13)21-18(24)10-23(15-4-2-1-3-5-15)19-22-16-11-28(25,26)12-17(16)27-19/h1-9,16-17H,10-12H2,(H,21,24)/t16-,17+/m0/s1. The molecule has 1 fully saturated rings. The quantitative estimate of drug-likeness (QED) is 0.824. The molecule has 0 unspecified atom stereocenters. The van der Waals surface area contributed by atoms with Gasteiger partial charge in [0.2, 0.25) is 5.91 Å². The molecule has 2 aromatic carbocycles. The predicted octanol–water partition coefficient (Wildman–Crippen LogP) is 2.54. The molecule has 2 atom stereocenters. The molecule has 0 bridgehead atoms. The molecule has 0 saturated carbocycles. The van der Waals surface area contributed by atoms with Crippen molar-refractivity contribution in [2.24, 2.45) is 4.99 Å². The summed E-state index contributed by atoms with van der Waals surface area (Å²) < 4.78 is 36.7. The molecule has 0 aromatic heterocycles. The molecule has 28 heavy (non-hydrogen) atoms. The lowest BCUT2D eigenvalue weighted by Gasteiger charge is -2.24. The minimum Gasteiger partial charge on any atom is -0.325 e. The summed E-state index contributed by atoms with van der Waals surface area (Å²) >= 11 is 1.40. The Morgan fingerprint density at radius 1 is 1.14 bits per heavy atom. The van der Waals surface area contributed by atoms with E-state index in [1.807, 2.05) is 30.3 Å². The Bertz CT molecular complexity index is 1010. The van der Waals surface area contributed by atoms with E-state index in [1.54, 1.807) is 4.90 Å². The first-order chi connectivity index (χ1) is 13.4. The van der Waals surface area contributed by atoms with Gasteiger partial charge in [-0.3, -0.25) is 9.79 Å². The molecular weight excluding hydrogens is 401 g/mol. The van der Waals surface area contributed by atoms with Crippen molar-refractivity contribution in [3.63, 3.8) is 0 Å². The SMILES string of the molecule is O=C(CN(C1=N[C@H]2CS(=O)(=O)C[C@H]2S1)c1ccccc1)Nc1ccc(F)cc1. The monoisotopic (exact) mass is 419 g/mol. The first-order valence-corrected chi connectivity index (χ1v) is 11.4. The maximum atomic E-state index is 13.0. The van der Waals surface area contributed by atoms with E-state index in [-0.39, 0.29) is 41.1 Å². The van der Waals surface area contributed by atoms with Gasteiger partial charge in [0.15, 0.2) is 15.0 Å². The van der Waals surface area contributed by atoms with Crippen LogP contribution in [-0.4, -0.2) is 48.8 Å². The summed E-state index contributed by atoms with van der Waals surface area (Å²) in [6.45, 7) is 0.0133. The second-order valence-electron chi connectivity index (χ2n) is 6.69. The normalized spacial score (nSPS) is 22.4. The van der Waals surface area contributed by atoms with Crippen molar-refractivity contribution in [3.8, 4) is 0 Å². The van der Waals surface area contributed by atoms with Crippen LogP contribution in [0.15, 0.2) is 59.6 Å². The van der Waals surface area contributed by atoms with E-state index in [9.17, 15) is 17.6 Å². The molecule has 2 heterocycles. The van der Waals surface area contributed by atoms with E-state index in [0.29, 0.717) is 10.9 Å². The van der Waals surface area contributed by atoms with Gasteiger partial charge >= 0.3 is 0 Å². The molecule has 6 nitrogen and oxygen atoms in total. The highest BCUT2D eigenvalue weighted by molar-refractivity contribution is 8.15. The van der Waals surface area contributed by atoms with Gasteiger partial charge in [0.05, 0.1) is 17.5 Å². The third-order valence-corrected chi connectivity index (χ3v) is 7.78. The topological polar surface area (TPSA) is 78.8 Å². The van der Waals surface area contributed by atoms with Gasteiger partial charge in [0.25, 0.3) is 0 Å². The number of nitrogens with one attached hydrogen (secondary N) is 1. The zero-order chi connectivity index (χ0) is 19.7. The van der Waals surface area contributed by atoms with Crippen molar-refractivity contribution in [2.75, 3.05) is 28.3 Å². The fourth-order valence-corrected chi connectivity index (χ4v) is 7.01.